The molecule has 1 aliphatic heterocycles. The van der Waals surface area contributed by atoms with E-state index in [9.17, 15) is 9.59 Å². The predicted molar refractivity (Wildman–Crippen MR) is 129 cm³/mol. The molecule has 4 heteroatoms. The minimum atomic E-state index is -0.373. The summed E-state index contributed by atoms with van der Waals surface area (Å²) < 4.78 is 5.88. The van der Waals surface area contributed by atoms with E-state index in [1.54, 1.807) is 12.1 Å². The second-order valence-electron chi connectivity index (χ2n) is 9.19. The summed E-state index contributed by atoms with van der Waals surface area (Å²) in [7, 11) is 0. The molecular weight excluding hydrogens is 422 g/mol. The first-order valence-electron chi connectivity index (χ1n) is 11.6. The van der Waals surface area contributed by atoms with E-state index in [4.69, 9.17) is 4.74 Å². The monoisotopic (exact) mass is 443 g/mol. The van der Waals surface area contributed by atoms with Crippen LogP contribution in [0.3, 0.4) is 0 Å². The number of benzene rings is 4. The van der Waals surface area contributed by atoms with E-state index in [0.717, 1.165) is 5.75 Å². The lowest BCUT2D eigenvalue weighted by molar-refractivity contribution is -0.122. The normalized spacial score (nSPS) is 23.9. The number of anilines is 1. The Balaban J connectivity index is 1.27. The van der Waals surface area contributed by atoms with Crippen LogP contribution in [-0.2, 0) is 9.59 Å². The van der Waals surface area contributed by atoms with Gasteiger partial charge in [0, 0.05) is 11.8 Å². The average molecular weight is 444 g/mol. The number of nitrogens with zero attached hydrogens (tertiary/aromatic N) is 1. The molecule has 0 aromatic heterocycles. The number of hydrogen-bond acceptors (Lipinski definition) is 3. The van der Waals surface area contributed by atoms with Crippen molar-refractivity contribution < 1.29 is 14.3 Å². The van der Waals surface area contributed by atoms with Gasteiger partial charge in [-0.1, -0.05) is 66.7 Å². The van der Waals surface area contributed by atoms with Gasteiger partial charge >= 0.3 is 0 Å². The van der Waals surface area contributed by atoms with Crippen LogP contribution in [0.25, 0.3) is 0 Å². The van der Waals surface area contributed by atoms with Gasteiger partial charge in [0.1, 0.15) is 11.5 Å². The maximum atomic E-state index is 13.8. The Hall–Kier alpha value is -4.18. The lowest BCUT2D eigenvalue weighted by atomic mass is 9.55. The molecule has 2 amide bonds. The van der Waals surface area contributed by atoms with Crippen molar-refractivity contribution in [3.63, 3.8) is 0 Å². The molecule has 1 saturated heterocycles. The van der Waals surface area contributed by atoms with Crippen molar-refractivity contribution >= 4 is 17.5 Å². The first-order chi connectivity index (χ1) is 16.7. The lowest BCUT2D eigenvalue weighted by Crippen LogP contribution is -2.41. The van der Waals surface area contributed by atoms with Gasteiger partial charge in [-0.05, 0) is 58.7 Å². The highest BCUT2D eigenvalue weighted by Crippen LogP contribution is 2.61. The van der Waals surface area contributed by atoms with Crippen molar-refractivity contribution in [2.24, 2.45) is 11.8 Å². The van der Waals surface area contributed by atoms with Gasteiger partial charge in [-0.25, -0.2) is 4.90 Å². The van der Waals surface area contributed by atoms with Gasteiger partial charge in [-0.2, -0.15) is 0 Å². The van der Waals surface area contributed by atoms with Crippen LogP contribution in [0, 0.1) is 11.8 Å². The summed E-state index contributed by atoms with van der Waals surface area (Å²) in [6.07, 6.45) is 0. The zero-order valence-corrected chi connectivity index (χ0v) is 18.3. The van der Waals surface area contributed by atoms with Crippen LogP contribution in [0.15, 0.2) is 103 Å². The van der Waals surface area contributed by atoms with Crippen molar-refractivity contribution in [2.75, 3.05) is 4.90 Å². The summed E-state index contributed by atoms with van der Waals surface area (Å²) in [5.41, 5.74) is 5.32. The largest absolute Gasteiger partial charge is 0.457 e. The van der Waals surface area contributed by atoms with Gasteiger partial charge in [-0.15, -0.1) is 0 Å². The molecule has 0 radical (unpaired) electrons. The molecule has 4 aromatic rings. The van der Waals surface area contributed by atoms with Crippen LogP contribution in [0.5, 0.6) is 11.5 Å². The molecular formula is C30H21NO3. The van der Waals surface area contributed by atoms with E-state index in [2.05, 4.69) is 24.3 Å². The van der Waals surface area contributed by atoms with Gasteiger partial charge < -0.3 is 4.74 Å². The number of amides is 2. The molecule has 8 rings (SSSR count). The summed E-state index contributed by atoms with van der Waals surface area (Å²) >= 11 is 0. The zero-order chi connectivity index (χ0) is 22.8. The highest BCUT2D eigenvalue weighted by atomic mass is 16.5. The predicted octanol–water partition coefficient (Wildman–Crippen LogP) is 5.88. The second kappa shape index (κ2) is 7.16. The number of carbonyl (C=O) groups is 2. The molecule has 0 saturated carbocycles. The fourth-order valence-corrected chi connectivity index (χ4v) is 6.22. The molecule has 4 nitrogen and oxygen atoms in total. The van der Waals surface area contributed by atoms with Crippen LogP contribution in [0.4, 0.5) is 5.69 Å². The van der Waals surface area contributed by atoms with Gasteiger partial charge in [0.05, 0.1) is 17.5 Å². The molecule has 1 heterocycles. The van der Waals surface area contributed by atoms with E-state index < -0.39 is 0 Å². The van der Waals surface area contributed by atoms with E-state index in [1.807, 2.05) is 66.7 Å². The number of ether oxygens (including phenoxy) is 1. The standard InChI is InChI=1S/C30H21NO3/c32-29-27-25-21-10-4-5-11-22(21)26(24-13-7-6-12-23(24)25)28(27)30(33)31(29)18-14-16-20(17-15-18)34-19-8-2-1-3-9-19/h1-17,25-28H/t25?,26?,27-,28-/m0/s1. The molecule has 1 fully saturated rings. The fraction of sp³-hybridized carbons (Fsp3) is 0.133. The van der Waals surface area contributed by atoms with E-state index in [-0.39, 0.29) is 35.5 Å². The van der Waals surface area contributed by atoms with E-state index >= 15 is 0 Å². The Bertz CT molecular complexity index is 1330. The molecule has 0 N–H and O–H groups in total. The van der Waals surface area contributed by atoms with Gasteiger partial charge in [0.2, 0.25) is 11.8 Å². The van der Waals surface area contributed by atoms with Gasteiger partial charge in [0.25, 0.3) is 0 Å². The molecule has 2 bridgehead atoms. The van der Waals surface area contributed by atoms with E-state index in [0.29, 0.717) is 11.4 Å². The number of carbonyl (C=O) groups excluding carboxylic acids is 2. The number of hydrogen-bond donors (Lipinski definition) is 0. The Morgan fingerprint density at radius 1 is 0.500 bits per heavy atom. The molecule has 0 unspecified atom stereocenters. The second-order valence-corrected chi connectivity index (χ2v) is 9.19. The number of imide groups is 1. The summed E-state index contributed by atoms with van der Waals surface area (Å²) in [5, 5.41) is 0. The molecule has 2 atom stereocenters. The van der Waals surface area contributed by atoms with Crippen LogP contribution >= 0.6 is 0 Å². The van der Waals surface area contributed by atoms with E-state index in [1.165, 1.54) is 27.2 Å². The molecule has 3 aliphatic carbocycles. The van der Waals surface area contributed by atoms with Crippen LogP contribution in [-0.4, -0.2) is 11.8 Å². The van der Waals surface area contributed by atoms with Gasteiger partial charge in [-0.3, -0.25) is 9.59 Å². The Labute approximate surface area is 197 Å². The van der Waals surface area contributed by atoms with Crippen LogP contribution in [0.1, 0.15) is 34.1 Å². The first kappa shape index (κ1) is 19.3. The SMILES string of the molecule is O=C1[C@H]2C3c4ccccc4C(c4ccccc43)[C@@H]2C(=O)N1c1ccc(Oc2ccccc2)cc1. The minimum absolute atomic E-state index is 0.0930. The summed E-state index contributed by atoms with van der Waals surface area (Å²) in [6.45, 7) is 0. The third kappa shape index (κ3) is 2.59. The minimum Gasteiger partial charge on any atom is -0.457 e. The quantitative estimate of drug-likeness (QED) is 0.372. The van der Waals surface area contributed by atoms with Crippen molar-refractivity contribution in [1.29, 1.82) is 0 Å². The highest BCUT2D eigenvalue weighted by molar-refractivity contribution is 6.23. The Kier molecular flexibility index (Phi) is 4.06. The summed E-state index contributed by atoms with van der Waals surface area (Å²) in [5.74, 6) is 0.253. The lowest BCUT2D eigenvalue weighted by Gasteiger charge is -2.45. The maximum Gasteiger partial charge on any atom is 0.238 e. The number of rotatable bonds is 3. The van der Waals surface area contributed by atoms with Crippen LogP contribution in [0.2, 0.25) is 0 Å². The first-order valence-corrected chi connectivity index (χ1v) is 11.6. The van der Waals surface area contributed by atoms with Crippen molar-refractivity contribution in [3.05, 3.63) is 125 Å². The molecule has 4 aromatic carbocycles. The smallest absolute Gasteiger partial charge is 0.238 e. The Morgan fingerprint density at radius 3 is 1.38 bits per heavy atom. The number of para-hydroxylation sites is 1. The molecule has 34 heavy (non-hydrogen) atoms. The van der Waals surface area contributed by atoms with Crippen molar-refractivity contribution in [2.45, 2.75) is 11.8 Å². The maximum absolute atomic E-state index is 13.8. The molecule has 164 valence electrons. The molecule has 4 aliphatic rings. The highest BCUT2D eigenvalue weighted by Gasteiger charge is 2.61. The third-order valence-corrected chi connectivity index (χ3v) is 7.52. The average Bonchev–Trinajstić information content (AvgIpc) is 3.16. The van der Waals surface area contributed by atoms with Crippen molar-refractivity contribution in [3.8, 4) is 11.5 Å². The third-order valence-electron chi connectivity index (χ3n) is 7.52. The van der Waals surface area contributed by atoms with Crippen LogP contribution < -0.4 is 9.64 Å². The zero-order valence-electron chi connectivity index (χ0n) is 18.3. The topological polar surface area (TPSA) is 46.6 Å². The van der Waals surface area contributed by atoms with Crippen molar-refractivity contribution in [1.82, 2.24) is 0 Å². The van der Waals surface area contributed by atoms with Gasteiger partial charge in [0.15, 0.2) is 0 Å². The molecule has 0 spiro atoms. The fourth-order valence-electron chi connectivity index (χ4n) is 6.22. The summed E-state index contributed by atoms with van der Waals surface area (Å²) in [6, 6.07) is 33.3. The Morgan fingerprint density at radius 2 is 0.912 bits per heavy atom. The summed E-state index contributed by atoms with van der Waals surface area (Å²) in [4.78, 5) is 29.0.